The second-order valence-electron chi connectivity index (χ2n) is 4.29. The van der Waals surface area contributed by atoms with E-state index in [1.807, 2.05) is 18.2 Å². The summed E-state index contributed by atoms with van der Waals surface area (Å²) in [4.78, 5) is 0. The van der Waals surface area contributed by atoms with Crippen LogP contribution >= 0.6 is 27.7 Å². The number of aliphatic hydroxyl groups excluding tert-OH is 1. The second-order valence-corrected chi connectivity index (χ2v) is 5.70. The van der Waals surface area contributed by atoms with Crippen LogP contribution in [-0.2, 0) is 11.3 Å². The summed E-state index contributed by atoms with van der Waals surface area (Å²) in [6.45, 7) is 1.01. The number of hydrogen-bond donors (Lipinski definition) is 2. The van der Waals surface area contributed by atoms with E-state index in [1.165, 1.54) is 6.20 Å². The molecule has 1 aromatic carbocycles. The first-order valence-corrected chi connectivity index (χ1v) is 7.81. The third kappa shape index (κ3) is 4.92. The number of anilines is 1. The quantitative estimate of drug-likeness (QED) is 0.739. The summed E-state index contributed by atoms with van der Waals surface area (Å²) in [6, 6.07) is 5.82. The zero-order valence-corrected chi connectivity index (χ0v) is 13.9. The molecule has 6 nitrogen and oxygen atoms in total. The Labute approximate surface area is 135 Å². The highest BCUT2D eigenvalue weighted by atomic mass is 79.9. The van der Waals surface area contributed by atoms with Crippen molar-refractivity contribution in [2.75, 3.05) is 25.6 Å². The largest absolute Gasteiger partial charge is 0.473 e. The Balaban J connectivity index is 1.86. The molecule has 0 spiro atoms. The van der Waals surface area contributed by atoms with E-state index in [-0.39, 0.29) is 6.61 Å². The summed E-state index contributed by atoms with van der Waals surface area (Å²) in [5.41, 5.74) is 1.93. The van der Waals surface area contributed by atoms with Crippen LogP contribution in [0.2, 0.25) is 0 Å². The summed E-state index contributed by atoms with van der Waals surface area (Å²) >= 11 is 4.56. The van der Waals surface area contributed by atoms with Crippen molar-refractivity contribution in [1.82, 2.24) is 8.75 Å². The molecule has 1 heterocycles. The molecule has 0 aliphatic heterocycles. The molecule has 0 amide bonds. The summed E-state index contributed by atoms with van der Waals surface area (Å²) in [6.07, 6.45) is 0.872. The molecule has 114 valence electrons. The Morgan fingerprint density at radius 1 is 1.48 bits per heavy atom. The molecule has 0 fully saturated rings. The van der Waals surface area contributed by atoms with Crippen LogP contribution in [0.5, 0.6) is 5.88 Å². The van der Waals surface area contributed by atoms with E-state index in [4.69, 9.17) is 9.47 Å². The number of ether oxygens (including phenoxy) is 2. The maximum absolute atomic E-state index is 9.92. The number of methoxy groups -OCH3 is 1. The smallest absolute Gasteiger partial charge is 0.245 e. The van der Waals surface area contributed by atoms with Crippen LogP contribution in [-0.4, -0.2) is 40.2 Å². The molecule has 1 atom stereocenters. The maximum Gasteiger partial charge on any atom is 0.245 e. The number of aromatic nitrogens is 2. The first kappa shape index (κ1) is 16.2. The van der Waals surface area contributed by atoms with Crippen molar-refractivity contribution < 1.29 is 14.6 Å². The van der Waals surface area contributed by atoms with Crippen molar-refractivity contribution in [1.29, 1.82) is 0 Å². The molecule has 1 aromatic heterocycles. The summed E-state index contributed by atoms with van der Waals surface area (Å²) in [5, 5.41) is 13.1. The molecule has 0 radical (unpaired) electrons. The van der Waals surface area contributed by atoms with E-state index >= 15 is 0 Å². The lowest BCUT2D eigenvalue weighted by Crippen LogP contribution is -2.26. The number of rotatable bonds is 8. The van der Waals surface area contributed by atoms with Gasteiger partial charge >= 0.3 is 0 Å². The first-order chi connectivity index (χ1) is 10.2. The third-order valence-electron chi connectivity index (χ3n) is 2.70. The Bertz CT molecular complexity index is 554. The van der Waals surface area contributed by atoms with Gasteiger partial charge in [0.2, 0.25) is 5.88 Å². The van der Waals surface area contributed by atoms with Gasteiger partial charge in [0.15, 0.2) is 0 Å². The van der Waals surface area contributed by atoms with Gasteiger partial charge in [-0.3, -0.25) is 0 Å². The molecular weight excluding hydrogens is 358 g/mol. The van der Waals surface area contributed by atoms with Gasteiger partial charge in [-0.05, 0) is 12.1 Å². The van der Waals surface area contributed by atoms with Gasteiger partial charge in [0, 0.05) is 29.4 Å². The molecule has 1 unspecified atom stereocenters. The lowest BCUT2D eigenvalue weighted by Gasteiger charge is -2.16. The summed E-state index contributed by atoms with van der Waals surface area (Å²) in [7, 11) is 1.65. The van der Waals surface area contributed by atoms with E-state index in [9.17, 15) is 5.11 Å². The van der Waals surface area contributed by atoms with Gasteiger partial charge in [-0.25, -0.2) is 0 Å². The van der Waals surface area contributed by atoms with Crippen molar-refractivity contribution in [3.8, 4) is 5.88 Å². The predicted octanol–water partition coefficient (Wildman–Crippen LogP) is 2.30. The van der Waals surface area contributed by atoms with Gasteiger partial charge < -0.3 is 19.9 Å². The SMILES string of the molecule is COCc1c(Br)cccc1NCC(O)COc1cnsn1. The highest BCUT2D eigenvalue weighted by Crippen LogP contribution is 2.25. The fourth-order valence-corrected chi connectivity index (χ4v) is 2.55. The van der Waals surface area contributed by atoms with Crippen LogP contribution in [0, 0.1) is 0 Å². The fourth-order valence-electron chi connectivity index (χ4n) is 1.70. The molecule has 2 N–H and O–H groups in total. The molecule has 0 saturated heterocycles. The Morgan fingerprint density at radius 3 is 3.05 bits per heavy atom. The van der Waals surface area contributed by atoms with E-state index < -0.39 is 6.10 Å². The number of aliphatic hydroxyl groups is 1. The molecular formula is C13H16BrN3O3S. The first-order valence-electron chi connectivity index (χ1n) is 6.29. The van der Waals surface area contributed by atoms with E-state index in [2.05, 4.69) is 30.0 Å². The Kier molecular flexibility index (Phi) is 6.37. The number of hydrogen-bond acceptors (Lipinski definition) is 7. The van der Waals surface area contributed by atoms with Gasteiger partial charge in [-0.1, -0.05) is 22.0 Å². The van der Waals surface area contributed by atoms with Crippen LogP contribution in [0.4, 0.5) is 5.69 Å². The molecule has 21 heavy (non-hydrogen) atoms. The molecule has 0 bridgehead atoms. The van der Waals surface area contributed by atoms with Gasteiger partial charge in [0.1, 0.15) is 18.9 Å². The molecule has 2 aromatic rings. The monoisotopic (exact) mass is 373 g/mol. The Morgan fingerprint density at radius 2 is 2.33 bits per heavy atom. The van der Waals surface area contributed by atoms with E-state index in [0.717, 1.165) is 27.5 Å². The minimum Gasteiger partial charge on any atom is -0.473 e. The molecule has 8 heteroatoms. The van der Waals surface area contributed by atoms with Gasteiger partial charge in [0.05, 0.1) is 18.3 Å². The van der Waals surface area contributed by atoms with Crippen molar-refractivity contribution in [2.45, 2.75) is 12.7 Å². The lowest BCUT2D eigenvalue weighted by atomic mass is 10.2. The van der Waals surface area contributed by atoms with Crippen LogP contribution < -0.4 is 10.1 Å². The highest BCUT2D eigenvalue weighted by molar-refractivity contribution is 9.10. The normalized spacial score (nSPS) is 12.1. The van der Waals surface area contributed by atoms with Gasteiger partial charge in [-0.15, -0.1) is 4.37 Å². The Hall–Kier alpha value is -1.22. The minimum atomic E-state index is -0.652. The summed E-state index contributed by atoms with van der Waals surface area (Å²) in [5.74, 6) is 0.432. The molecule has 0 saturated carbocycles. The van der Waals surface area contributed by atoms with Gasteiger partial charge in [0.25, 0.3) is 0 Å². The number of benzene rings is 1. The van der Waals surface area contributed by atoms with E-state index in [1.54, 1.807) is 7.11 Å². The van der Waals surface area contributed by atoms with Crippen LogP contribution in [0.15, 0.2) is 28.9 Å². The molecule has 0 aliphatic rings. The van der Waals surface area contributed by atoms with Crippen molar-refractivity contribution in [3.05, 3.63) is 34.4 Å². The van der Waals surface area contributed by atoms with Crippen molar-refractivity contribution in [2.24, 2.45) is 0 Å². The minimum absolute atomic E-state index is 0.159. The van der Waals surface area contributed by atoms with Crippen molar-refractivity contribution >= 4 is 33.3 Å². The number of halogens is 1. The average molecular weight is 374 g/mol. The molecule has 0 aliphatic carbocycles. The van der Waals surface area contributed by atoms with Crippen LogP contribution in [0.3, 0.4) is 0 Å². The lowest BCUT2D eigenvalue weighted by molar-refractivity contribution is 0.115. The number of nitrogens with one attached hydrogen (secondary N) is 1. The van der Waals surface area contributed by atoms with Crippen molar-refractivity contribution in [3.63, 3.8) is 0 Å². The highest BCUT2D eigenvalue weighted by Gasteiger charge is 2.10. The fraction of sp³-hybridized carbons (Fsp3) is 0.385. The second kappa shape index (κ2) is 8.28. The van der Waals surface area contributed by atoms with Crippen LogP contribution in [0.1, 0.15) is 5.56 Å². The zero-order chi connectivity index (χ0) is 15.1. The third-order valence-corrected chi connectivity index (χ3v) is 3.90. The van der Waals surface area contributed by atoms with Gasteiger partial charge in [-0.2, -0.15) is 4.37 Å². The summed E-state index contributed by atoms with van der Waals surface area (Å²) < 4.78 is 19.2. The zero-order valence-electron chi connectivity index (χ0n) is 11.5. The number of nitrogens with zero attached hydrogens (tertiary/aromatic N) is 2. The average Bonchev–Trinajstić information content (AvgIpc) is 2.99. The maximum atomic E-state index is 9.92. The topological polar surface area (TPSA) is 76.5 Å². The molecule has 2 rings (SSSR count). The van der Waals surface area contributed by atoms with Crippen LogP contribution in [0.25, 0.3) is 0 Å². The predicted molar refractivity (Wildman–Crippen MR) is 84.8 cm³/mol. The van der Waals surface area contributed by atoms with E-state index in [0.29, 0.717) is 19.0 Å². The standard InChI is InChI=1S/C13H16BrN3O3S/c1-19-8-10-11(14)3-2-4-12(10)15-5-9(18)7-20-13-6-16-21-17-13/h2-4,6,9,15,18H,5,7-8H2,1H3.